The van der Waals surface area contributed by atoms with Crippen LogP contribution in [-0.2, 0) is 4.79 Å². The summed E-state index contributed by atoms with van der Waals surface area (Å²) in [6.07, 6.45) is -0.719. The van der Waals surface area contributed by atoms with Gasteiger partial charge in [-0.2, -0.15) is 5.11 Å². The largest absolute Gasteiger partial charge is 0.479 e. The molecule has 0 saturated heterocycles. The number of hydrogen-bond donors (Lipinski definition) is 1. The number of azo groups is 1. The van der Waals surface area contributed by atoms with Gasteiger partial charge in [0.15, 0.2) is 6.10 Å². The van der Waals surface area contributed by atoms with E-state index in [0.717, 1.165) is 5.69 Å². The number of benzene rings is 2. The first-order valence-corrected chi connectivity index (χ1v) is 6.18. The molecule has 0 saturated carbocycles. The van der Waals surface area contributed by atoms with Gasteiger partial charge in [0.25, 0.3) is 5.91 Å². The normalized spacial score (nSPS) is 12.2. The lowest BCUT2D eigenvalue weighted by Gasteiger charge is -2.12. The highest BCUT2D eigenvalue weighted by atomic mass is 16.5. The van der Waals surface area contributed by atoms with Crippen molar-refractivity contribution >= 4 is 17.3 Å². The second-order valence-electron chi connectivity index (χ2n) is 4.17. The molecule has 0 heterocycles. The quantitative estimate of drug-likeness (QED) is 0.845. The number of rotatable bonds is 5. The van der Waals surface area contributed by atoms with Gasteiger partial charge in [0.05, 0.1) is 5.69 Å². The van der Waals surface area contributed by atoms with Crippen molar-refractivity contribution < 1.29 is 9.53 Å². The maximum absolute atomic E-state index is 11.0. The molecule has 2 aromatic carbocycles. The fraction of sp³-hybridized carbons (Fsp3) is 0.133. The van der Waals surface area contributed by atoms with Gasteiger partial charge in [-0.25, -0.2) is 0 Å². The molecule has 0 fully saturated rings. The van der Waals surface area contributed by atoms with E-state index in [-0.39, 0.29) is 0 Å². The van der Waals surface area contributed by atoms with E-state index in [1.54, 1.807) is 25.1 Å². The molecule has 2 N–H and O–H groups in total. The number of nitrogens with zero attached hydrogens (tertiary/aromatic N) is 2. The standard InChI is InChI=1S/C15H15N3O2/c1-11(15(16)19)20-14-10-6-5-9-13(14)18-17-12-7-3-2-4-8-12/h2-11H,1H3,(H2,16,19)/b18-17+. The molecule has 2 rings (SSSR count). The molecule has 0 spiro atoms. The van der Waals surface area contributed by atoms with Crippen LogP contribution >= 0.6 is 0 Å². The van der Waals surface area contributed by atoms with Crippen LogP contribution in [0.4, 0.5) is 11.4 Å². The number of para-hydroxylation sites is 1. The van der Waals surface area contributed by atoms with E-state index in [0.29, 0.717) is 11.4 Å². The zero-order chi connectivity index (χ0) is 14.4. The molecular weight excluding hydrogens is 254 g/mol. The Morgan fingerprint density at radius 1 is 1.05 bits per heavy atom. The summed E-state index contributed by atoms with van der Waals surface area (Å²) in [5.41, 5.74) is 6.47. The molecule has 0 bridgehead atoms. The van der Waals surface area contributed by atoms with E-state index in [2.05, 4.69) is 10.2 Å². The highest BCUT2D eigenvalue weighted by molar-refractivity contribution is 5.79. The van der Waals surface area contributed by atoms with Crippen molar-refractivity contribution in [3.63, 3.8) is 0 Å². The lowest BCUT2D eigenvalue weighted by molar-refractivity contribution is -0.123. The molecule has 0 aliphatic rings. The van der Waals surface area contributed by atoms with Gasteiger partial charge < -0.3 is 10.5 Å². The fourth-order valence-corrected chi connectivity index (χ4v) is 1.49. The average molecular weight is 269 g/mol. The third kappa shape index (κ3) is 3.65. The first kappa shape index (κ1) is 13.7. The Labute approximate surface area is 117 Å². The van der Waals surface area contributed by atoms with Crippen molar-refractivity contribution in [2.75, 3.05) is 0 Å². The molecule has 0 aliphatic carbocycles. The van der Waals surface area contributed by atoms with Crippen LogP contribution in [0, 0.1) is 0 Å². The minimum Gasteiger partial charge on any atom is -0.479 e. The van der Waals surface area contributed by atoms with Crippen molar-refractivity contribution in [2.45, 2.75) is 13.0 Å². The number of nitrogens with two attached hydrogens (primary N) is 1. The number of ether oxygens (including phenoxy) is 1. The van der Waals surface area contributed by atoms with Gasteiger partial charge in [0, 0.05) is 0 Å². The van der Waals surface area contributed by atoms with Crippen molar-refractivity contribution in [3.05, 3.63) is 54.6 Å². The van der Waals surface area contributed by atoms with E-state index < -0.39 is 12.0 Å². The van der Waals surface area contributed by atoms with Crippen LogP contribution in [0.1, 0.15) is 6.92 Å². The molecule has 102 valence electrons. The fourth-order valence-electron chi connectivity index (χ4n) is 1.49. The maximum Gasteiger partial charge on any atom is 0.258 e. The van der Waals surface area contributed by atoms with Crippen LogP contribution in [0.2, 0.25) is 0 Å². The summed E-state index contributed by atoms with van der Waals surface area (Å²) in [5.74, 6) is -0.0571. The number of amides is 1. The highest BCUT2D eigenvalue weighted by Crippen LogP contribution is 2.29. The number of carbonyl (C=O) groups excluding carboxylic acids is 1. The first-order valence-electron chi connectivity index (χ1n) is 6.18. The molecule has 1 atom stereocenters. The Bertz CT molecular complexity index is 612. The summed E-state index contributed by atoms with van der Waals surface area (Å²) in [5, 5.41) is 8.25. The van der Waals surface area contributed by atoms with Crippen molar-refractivity contribution in [1.82, 2.24) is 0 Å². The first-order chi connectivity index (χ1) is 9.66. The topological polar surface area (TPSA) is 77.0 Å². The zero-order valence-corrected chi connectivity index (χ0v) is 11.1. The third-order valence-electron chi connectivity index (χ3n) is 2.60. The summed E-state index contributed by atoms with van der Waals surface area (Å²) in [4.78, 5) is 11.0. The number of carbonyl (C=O) groups is 1. The Morgan fingerprint density at radius 3 is 2.40 bits per heavy atom. The predicted octanol–water partition coefficient (Wildman–Crippen LogP) is 3.35. The van der Waals surface area contributed by atoms with Crippen molar-refractivity contribution in [2.24, 2.45) is 16.0 Å². The smallest absolute Gasteiger partial charge is 0.258 e. The summed E-state index contributed by atoms with van der Waals surface area (Å²) >= 11 is 0. The van der Waals surface area contributed by atoms with Crippen molar-refractivity contribution in [1.29, 1.82) is 0 Å². The summed E-state index contributed by atoms with van der Waals surface area (Å²) < 4.78 is 5.47. The van der Waals surface area contributed by atoms with Gasteiger partial charge in [-0.1, -0.05) is 30.3 Å². The molecule has 20 heavy (non-hydrogen) atoms. The summed E-state index contributed by atoms with van der Waals surface area (Å²) in [7, 11) is 0. The number of hydrogen-bond acceptors (Lipinski definition) is 4. The third-order valence-corrected chi connectivity index (χ3v) is 2.60. The minimum absolute atomic E-state index is 0.471. The summed E-state index contributed by atoms with van der Waals surface area (Å²) in [6.45, 7) is 1.59. The average Bonchev–Trinajstić information content (AvgIpc) is 2.47. The summed E-state index contributed by atoms with van der Waals surface area (Å²) in [6, 6.07) is 16.5. The van der Waals surface area contributed by atoms with Crippen molar-refractivity contribution in [3.8, 4) is 5.75 Å². The van der Waals surface area contributed by atoms with Crippen LogP contribution in [0.15, 0.2) is 64.8 Å². The van der Waals surface area contributed by atoms with Crippen LogP contribution < -0.4 is 10.5 Å². The Hall–Kier alpha value is -2.69. The molecule has 2 aromatic rings. The van der Waals surface area contributed by atoms with Gasteiger partial charge in [-0.15, -0.1) is 5.11 Å². The molecular formula is C15H15N3O2. The van der Waals surface area contributed by atoms with Gasteiger partial charge in [0.1, 0.15) is 11.4 Å². The van der Waals surface area contributed by atoms with Gasteiger partial charge in [-0.05, 0) is 31.2 Å². The molecule has 0 radical (unpaired) electrons. The van der Waals surface area contributed by atoms with E-state index in [4.69, 9.17) is 10.5 Å². The molecule has 5 heteroatoms. The molecule has 0 aromatic heterocycles. The van der Waals surface area contributed by atoms with Gasteiger partial charge >= 0.3 is 0 Å². The number of primary amides is 1. The van der Waals surface area contributed by atoms with E-state index >= 15 is 0 Å². The molecule has 1 amide bonds. The van der Waals surface area contributed by atoms with Crippen LogP contribution in [0.3, 0.4) is 0 Å². The maximum atomic E-state index is 11.0. The molecule has 5 nitrogen and oxygen atoms in total. The predicted molar refractivity (Wildman–Crippen MR) is 76.3 cm³/mol. The lowest BCUT2D eigenvalue weighted by Crippen LogP contribution is -2.30. The van der Waals surface area contributed by atoms with E-state index in [1.165, 1.54) is 0 Å². The highest BCUT2D eigenvalue weighted by Gasteiger charge is 2.12. The second-order valence-corrected chi connectivity index (χ2v) is 4.17. The lowest BCUT2D eigenvalue weighted by atomic mass is 10.3. The monoisotopic (exact) mass is 269 g/mol. The Morgan fingerprint density at radius 2 is 1.70 bits per heavy atom. The zero-order valence-electron chi connectivity index (χ0n) is 11.1. The minimum atomic E-state index is -0.719. The van der Waals surface area contributed by atoms with Gasteiger partial charge in [-0.3, -0.25) is 4.79 Å². The molecule has 1 unspecified atom stereocenters. The van der Waals surface area contributed by atoms with E-state index in [1.807, 2.05) is 36.4 Å². The Balaban J connectivity index is 2.20. The molecule has 0 aliphatic heterocycles. The SMILES string of the molecule is CC(Oc1ccccc1/N=N/c1ccccc1)C(N)=O. The second kappa shape index (κ2) is 6.47. The van der Waals surface area contributed by atoms with Gasteiger partial charge in [0.2, 0.25) is 0 Å². The van der Waals surface area contributed by atoms with Crippen LogP contribution in [-0.4, -0.2) is 12.0 Å². The van der Waals surface area contributed by atoms with Crippen LogP contribution in [0.25, 0.3) is 0 Å². The van der Waals surface area contributed by atoms with Crippen LogP contribution in [0.5, 0.6) is 5.75 Å². The van der Waals surface area contributed by atoms with E-state index in [9.17, 15) is 4.79 Å². The Kier molecular flexibility index (Phi) is 4.44.